The monoisotopic (exact) mass is 357 g/mol. The number of carbonyl (C=O) groups is 1. The number of ether oxygens (including phenoxy) is 1. The quantitative estimate of drug-likeness (QED) is 0.575. The summed E-state index contributed by atoms with van der Waals surface area (Å²) in [6, 6.07) is 20.1. The molecule has 0 bridgehead atoms. The first-order chi connectivity index (χ1) is 13.3. The van der Waals surface area contributed by atoms with E-state index in [1.165, 1.54) is 0 Å². The third-order valence-corrected chi connectivity index (χ3v) is 5.18. The van der Waals surface area contributed by atoms with Crippen molar-refractivity contribution in [2.24, 2.45) is 0 Å². The molecule has 0 aliphatic carbocycles. The van der Waals surface area contributed by atoms with E-state index >= 15 is 0 Å². The molecule has 0 spiro atoms. The molecule has 0 saturated heterocycles. The van der Waals surface area contributed by atoms with Gasteiger partial charge < -0.3 is 14.5 Å². The highest BCUT2D eigenvalue weighted by Gasteiger charge is 2.23. The number of hydrogen-bond donors (Lipinski definition) is 1. The van der Waals surface area contributed by atoms with Crippen LogP contribution in [0.1, 0.15) is 23.6 Å². The molecule has 5 rings (SSSR count). The number of hydrogen-bond acceptors (Lipinski definition) is 3. The van der Waals surface area contributed by atoms with Crippen molar-refractivity contribution in [2.45, 2.75) is 18.9 Å². The normalized spacial score (nSPS) is 16.1. The lowest BCUT2D eigenvalue weighted by atomic mass is 9.99. The van der Waals surface area contributed by atoms with E-state index in [1.54, 1.807) is 6.26 Å². The first-order valence-electron chi connectivity index (χ1n) is 9.18. The largest absolute Gasteiger partial charge is 0.493 e. The predicted octanol–water partition coefficient (Wildman–Crippen LogP) is 4.77. The van der Waals surface area contributed by atoms with Crippen LogP contribution in [0.25, 0.3) is 21.7 Å². The minimum Gasteiger partial charge on any atom is -0.493 e. The second kappa shape index (κ2) is 6.47. The number of benzene rings is 3. The molecule has 0 fully saturated rings. The van der Waals surface area contributed by atoms with Gasteiger partial charge in [-0.15, -0.1) is 0 Å². The van der Waals surface area contributed by atoms with Crippen molar-refractivity contribution in [3.8, 4) is 5.75 Å². The van der Waals surface area contributed by atoms with E-state index in [2.05, 4.69) is 17.4 Å². The Morgan fingerprint density at radius 3 is 2.85 bits per heavy atom. The maximum atomic E-state index is 12.8. The Kier molecular flexibility index (Phi) is 3.82. The van der Waals surface area contributed by atoms with Crippen molar-refractivity contribution in [2.75, 3.05) is 6.61 Å². The Bertz CT molecular complexity index is 1140. The van der Waals surface area contributed by atoms with Gasteiger partial charge in [0.2, 0.25) is 5.91 Å². The number of amides is 1. The lowest BCUT2D eigenvalue weighted by molar-refractivity contribution is -0.121. The molecule has 2 heterocycles. The van der Waals surface area contributed by atoms with E-state index in [0.717, 1.165) is 45.0 Å². The van der Waals surface area contributed by atoms with Crippen molar-refractivity contribution >= 4 is 27.6 Å². The van der Waals surface area contributed by atoms with Crippen LogP contribution in [0, 0.1) is 0 Å². The Morgan fingerprint density at radius 1 is 1.04 bits per heavy atom. The Morgan fingerprint density at radius 2 is 1.89 bits per heavy atom. The Labute approximate surface area is 156 Å². The first kappa shape index (κ1) is 15.9. The van der Waals surface area contributed by atoms with Crippen LogP contribution < -0.4 is 10.1 Å². The second-order valence-electron chi connectivity index (χ2n) is 6.89. The zero-order valence-corrected chi connectivity index (χ0v) is 14.8. The average Bonchev–Trinajstić information content (AvgIpc) is 3.11. The van der Waals surface area contributed by atoms with Crippen LogP contribution in [0.2, 0.25) is 0 Å². The lowest BCUT2D eigenvalue weighted by Crippen LogP contribution is -2.33. The molecular weight excluding hydrogens is 338 g/mol. The second-order valence-corrected chi connectivity index (χ2v) is 6.89. The highest BCUT2D eigenvalue weighted by atomic mass is 16.5. The summed E-state index contributed by atoms with van der Waals surface area (Å²) in [5.74, 6) is 0.848. The van der Waals surface area contributed by atoms with Gasteiger partial charge in [-0.25, -0.2) is 0 Å². The summed E-state index contributed by atoms with van der Waals surface area (Å²) in [4.78, 5) is 12.8. The molecule has 4 heteroatoms. The Hall–Kier alpha value is -3.27. The van der Waals surface area contributed by atoms with Crippen LogP contribution in [-0.4, -0.2) is 12.5 Å². The van der Waals surface area contributed by atoms with Crippen molar-refractivity contribution in [3.05, 3.63) is 78.1 Å². The topological polar surface area (TPSA) is 51.5 Å². The molecule has 1 amide bonds. The summed E-state index contributed by atoms with van der Waals surface area (Å²) < 4.78 is 11.4. The highest BCUT2D eigenvalue weighted by Crippen LogP contribution is 2.33. The summed E-state index contributed by atoms with van der Waals surface area (Å²) in [6.45, 7) is 0.612. The van der Waals surface area contributed by atoms with E-state index in [4.69, 9.17) is 9.15 Å². The number of furan rings is 1. The van der Waals surface area contributed by atoms with Gasteiger partial charge in [-0.1, -0.05) is 48.5 Å². The van der Waals surface area contributed by atoms with Crippen LogP contribution in [-0.2, 0) is 11.2 Å². The molecule has 134 valence electrons. The summed E-state index contributed by atoms with van der Waals surface area (Å²) >= 11 is 0. The van der Waals surface area contributed by atoms with Gasteiger partial charge >= 0.3 is 0 Å². The van der Waals surface area contributed by atoms with Gasteiger partial charge in [-0.05, 0) is 22.9 Å². The summed E-state index contributed by atoms with van der Waals surface area (Å²) in [7, 11) is 0. The molecule has 0 saturated carbocycles. The number of para-hydroxylation sites is 1. The number of carbonyl (C=O) groups excluding carboxylic acids is 1. The van der Waals surface area contributed by atoms with Gasteiger partial charge in [0, 0.05) is 22.9 Å². The van der Waals surface area contributed by atoms with Gasteiger partial charge in [-0.3, -0.25) is 4.79 Å². The fourth-order valence-electron chi connectivity index (χ4n) is 3.91. The highest BCUT2D eigenvalue weighted by molar-refractivity contribution is 6.08. The van der Waals surface area contributed by atoms with Gasteiger partial charge in [0.1, 0.15) is 11.3 Å². The van der Waals surface area contributed by atoms with E-state index < -0.39 is 0 Å². The van der Waals surface area contributed by atoms with E-state index in [-0.39, 0.29) is 11.9 Å². The number of rotatable bonds is 3. The number of nitrogens with one attached hydrogen (secondary N) is 1. The van der Waals surface area contributed by atoms with Crippen molar-refractivity contribution in [1.29, 1.82) is 0 Å². The van der Waals surface area contributed by atoms with Crippen molar-refractivity contribution < 1.29 is 13.9 Å². The van der Waals surface area contributed by atoms with Crippen LogP contribution in [0.3, 0.4) is 0 Å². The third-order valence-electron chi connectivity index (χ3n) is 5.18. The van der Waals surface area contributed by atoms with Crippen LogP contribution in [0.15, 0.2) is 71.3 Å². The van der Waals surface area contributed by atoms with Gasteiger partial charge in [0.15, 0.2) is 0 Å². The van der Waals surface area contributed by atoms with E-state index in [1.807, 2.05) is 48.5 Å². The first-order valence-corrected chi connectivity index (χ1v) is 9.18. The molecule has 4 nitrogen and oxygen atoms in total. The zero-order chi connectivity index (χ0) is 18.2. The summed E-state index contributed by atoms with van der Waals surface area (Å²) in [5.41, 5.74) is 2.77. The molecular formula is C23H19NO3. The van der Waals surface area contributed by atoms with Crippen LogP contribution >= 0.6 is 0 Å². The SMILES string of the molecule is O=C(Cc1coc2ccc3ccccc3c12)N[C@@H]1CCOc2ccccc21. The molecule has 4 aromatic rings. The van der Waals surface area contributed by atoms with E-state index in [9.17, 15) is 4.79 Å². The van der Waals surface area contributed by atoms with Crippen LogP contribution in [0.5, 0.6) is 5.75 Å². The molecule has 1 atom stereocenters. The number of fused-ring (bicyclic) bond motifs is 4. The maximum Gasteiger partial charge on any atom is 0.225 e. The fraction of sp³-hybridized carbons (Fsp3) is 0.174. The summed E-state index contributed by atoms with van der Waals surface area (Å²) in [6.07, 6.45) is 2.77. The molecule has 1 aliphatic heterocycles. The standard InChI is InChI=1S/C23H19NO3/c25-22(24-19-11-12-26-20-8-4-3-7-18(19)20)13-16-14-27-21-10-9-15-5-1-2-6-17(15)23(16)21/h1-10,14,19H,11-13H2,(H,24,25)/t19-/m1/s1. The van der Waals surface area contributed by atoms with Crippen LogP contribution in [0.4, 0.5) is 0 Å². The molecule has 0 radical (unpaired) electrons. The summed E-state index contributed by atoms with van der Waals surface area (Å²) in [5, 5.41) is 6.45. The fourth-order valence-corrected chi connectivity index (χ4v) is 3.91. The van der Waals surface area contributed by atoms with Gasteiger partial charge in [0.05, 0.1) is 25.3 Å². The van der Waals surface area contributed by atoms with E-state index in [0.29, 0.717) is 13.0 Å². The minimum absolute atomic E-state index is 0.00710. The lowest BCUT2D eigenvalue weighted by Gasteiger charge is -2.26. The molecule has 1 aromatic heterocycles. The van der Waals surface area contributed by atoms with Gasteiger partial charge in [-0.2, -0.15) is 0 Å². The maximum absolute atomic E-state index is 12.8. The zero-order valence-electron chi connectivity index (χ0n) is 14.8. The van der Waals surface area contributed by atoms with Crippen molar-refractivity contribution in [3.63, 3.8) is 0 Å². The Balaban J connectivity index is 1.43. The molecule has 1 N–H and O–H groups in total. The molecule has 3 aromatic carbocycles. The predicted molar refractivity (Wildman–Crippen MR) is 105 cm³/mol. The van der Waals surface area contributed by atoms with Gasteiger partial charge in [0.25, 0.3) is 0 Å². The molecule has 1 aliphatic rings. The van der Waals surface area contributed by atoms with Crippen molar-refractivity contribution in [1.82, 2.24) is 5.32 Å². The average molecular weight is 357 g/mol. The molecule has 0 unspecified atom stereocenters. The molecule has 27 heavy (non-hydrogen) atoms. The smallest absolute Gasteiger partial charge is 0.225 e. The minimum atomic E-state index is -0.0163. The third kappa shape index (κ3) is 2.83.